The molecule has 0 amide bonds. The summed E-state index contributed by atoms with van der Waals surface area (Å²) in [7, 11) is 2.27. The lowest BCUT2D eigenvalue weighted by molar-refractivity contribution is 0.123. The Morgan fingerprint density at radius 1 is 1.22 bits per heavy atom. The van der Waals surface area contributed by atoms with Crippen LogP contribution in [0.15, 0.2) is 0 Å². The van der Waals surface area contributed by atoms with Crippen LogP contribution in [0, 0.1) is 11.8 Å². The summed E-state index contributed by atoms with van der Waals surface area (Å²) < 4.78 is 0. The van der Waals surface area contributed by atoms with Crippen LogP contribution in [0.5, 0.6) is 0 Å². The molecule has 0 aromatic carbocycles. The van der Waals surface area contributed by atoms with Gasteiger partial charge in [0, 0.05) is 38.8 Å². The van der Waals surface area contributed by atoms with Crippen molar-refractivity contribution in [2.75, 3.05) is 46.3 Å². The van der Waals surface area contributed by atoms with Crippen LogP contribution >= 0.6 is 0 Å². The molecule has 0 radical (unpaired) electrons. The molecule has 0 aromatic rings. The zero-order valence-corrected chi connectivity index (χ0v) is 12.5. The van der Waals surface area contributed by atoms with Crippen LogP contribution in [0.3, 0.4) is 0 Å². The van der Waals surface area contributed by atoms with E-state index in [2.05, 4.69) is 36.0 Å². The minimum atomic E-state index is 0.722. The lowest BCUT2D eigenvalue weighted by Crippen LogP contribution is -2.53. The second-order valence-corrected chi connectivity index (χ2v) is 6.81. The fraction of sp³-hybridized carbons (Fsp3) is 1.00. The van der Waals surface area contributed by atoms with Gasteiger partial charge >= 0.3 is 0 Å². The van der Waals surface area contributed by atoms with Crippen molar-refractivity contribution in [2.24, 2.45) is 11.8 Å². The predicted octanol–water partition coefficient (Wildman–Crippen LogP) is 1.65. The van der Waals surface area contributed by atoms with Gasteiger partial charge < -0.3 is 15.1 Å². The van der Waals surface area contributed by atoms with Gasteiger partial charge in [0.2, 0.25) is 0 Å². The summed E-state index contributed by atoms with van der Waals surface area (Å²) in [6, 6.07) is 0.722. The van der Waals surface area contributed by atoms with Crippen LogP contribution in [0.2, 0.25) is 0 Å². The van der Waals surface area contributed by atoms with Gasteiger partial charge in [-0.25, -0.2) is 0 Å². The maximum atomic E-state index is 3.67. The minimum Gasteiger partial charge on any atom is -0.311 e. The van der Waals surface area contributed by atoms with Gasteiger partial charge in [-0.3, -0.25) is 0 Å². The van der Waals surface area contributed by atoms with Crippen molar-refractivity contribution in [1.82, 2.24) is 15.1 Å². The highest BCUT2D eigenvalue weighted by Gasteiger charge is 2.24. The third-order valence-electron chi connectivity index (χ3n) is 4.33. The first kappa shape index (κ1) is 14.3. The molecular formula is C15H31N3. The Kier molecular flexibility index (Phi) is 5.46. The highest BCUT2D eigenvalue weighted by Crippen LogP contribution is 2.18. The maximum Gasteiger partial charge on any atom is 0.0198 e. The molecule has 3 nitrogen and oxygen atoms in total. The van der Waals surface area contributed by atoms with E-state index in [9.17, 15) is 0 Å². The molecule has 18 heavy (non-hydrogen) atoms. The Bertz CT molecular complexity index is 242. The lowest BCUT2D eigenvalue weighted by Gasteiger charge is -2.38. The average Bonchev–Trinajstić information content (AvgIpc) is 2.28. The summed E-state index contributed by atoms with van der Waals surface area (Å²) in [5, 5.41) is 3.67. The third kappa shape index (κ3) is 4.52. The molecule has 0 saturated carbocycles. The fourth-order valence-electron chi connectivity index (χ4n) is 3.57. The van der Waals surface area contributed by atoms with Crippen molar-refractivity contribution in [1.29, 1.82) is 0 Å². The fourth-order valence-corrected chi connectivity index (χ4v) is 3.57. The second kappa shape index (κ2) is 6.88. The van der Waals surface area contributed by atoms with Crippen LogP contribution in [0.25, 0.3) is 0 Å². The number of rotatable bonds is 4. The van der Waals surface area contributed by atoms with Gasteiger partial charge in [0.1, 0.15) is 0 Å². The molecule has 0 bridgehead atoms. The van der Waals surface area contributed by atoms with Gasteiger partial charge in [0.15, 0.2) is 0 Å². The largest absolute Gasteiger partial charge is 0.311 e. The number of nitrogens with one attached hydrogen (secondary N) is 1. The molecule has 3 heteroatoms. The standard InChI is InChI=1S/C15H31N3/c1-13(2)9-15-12-18(8-6-16-15)11-14-5-4-7-17(3)10-14/h13-16H,4-12H2,1-3H3. The van der Waals surface area contributed by atoms with Crippen LogP contribution in [-0.4, -0.2) is 62.2 Å². The summed E-state index contributed by atoms with van der Waals surface area (Å²) in [6.07, 6.45) is 4.15. The quantitative estimate of drug-likeness (QED) is 0.822. The molecule has 2 aliphatic heterocycles. The Morgan fingerprint density at radius 2 is 2.06 bits per heavy atom. The Hall–Kier alpha value is -0.120. The number of hydrogen-bond donors (Lipinski definition) is 1. The van der Waals surface area contributed by atoms with E-state index in [1.165, 1.54) is 58.5 Å². The summed E-state index contributed by atoms with van der Waals surface area (Å²) in [4.78, 5) is 5.20. The third-order valence-corrected chi connectivity index (χ3v) is 4.33. The molecule has 0 aromatic heterocycles. The summed E-state index contributed by atoms with van der Waals surface area (Å²) in [5.41, 5.74) is 0. The van der Waals surface area contributed by atoms with Gasteiger partial charge in [-0.15, -0.1) is 0 Å². The molecule has 2 fully saturated rings. The minimum absolute atomic E-state index is 0.722. The number of nitrogens with zero attached hydrogens (tertiary/aromatic N) is 2. The average molecular weight is 253 g/mol. The topological polar surface area (TPSA) is 18.5 Å². The SMILES string of the molecule is CC(C)CC1CN(CC2CCCN(C)C2)CCN1. The van der Waals surface area contributed by atoms with E-state index in [-0.39, 0.29) is 0 Å². The highest BCUT2D eigenvalue weighted by atomic mass is 15.2. The van der Waals surface area contributed by atoms with Gasteiger partial charge in [-0.2, -0.15) is 0 Å². The first-order valence-corrected chi connectivity index (χ1v) is 7.77. The number of piperidine rings is 1. The Balaban J connectivity index is 1.74. The molecule has 2 unspecified atom stereocenters. The van der Waals surface area contributed by atoms with Crippen LogP contribution in [-0.2, 0) is 0 Å². The Morgan fingerprint density at radius 3 is 2.78 bits per heavy atom. The van der Waals surface area contributed by atoms with Crippen LogP contribution in [0.1, 0.15) is 33.1 Å². The molecule has 2 rings (SSSR count). The molecule has 2 heterocycles. The van der Waals surface area contributed by atoms with Crippen molar-refractivity contribution >= 4 is 0 Å². The molecule has 0 spiro atoms. The van der Waals surface area contributed by atoms with Crippen molar-refractivity contribution < 1.29 is 0 Å². The van der Waals surface area contributed by atoms with Crippen molar-refractivity contribution in [3.63, 3.8) is 0 Å². The van der Waals surface area contributed by atoms with E-state index in [1.54, 1.807) is 0 Å². The Labute approximate surface area is 113 Å². The molecule has 2 atom stereocenters. The van der Waals surface area contributed by atoms with Crippen molar-refractivity contribution in [3.8, 4) is 0 Å². The molecular weight excluding hydrogens is 222 g/mol. The first-order chi connectivity index (χ1) is 8.63. The first-order valence-electron chi connectivity index (χ1n) is 7.77. The zero-order valence-electron chi connectivity index (χ0n) is 12.5. The number of hydrogen-bond acceptors (Lipinski definition) is 3. The molecule has 106 valence electrons. The van der Waals surface area contributed by atoms with E-state index < -0.39 is 0 Å². The van der Waals surface area contributed by atoms with Gasteiger partial charge in [-0.05, 0) is 44.7 Å². The zero-order chi connectivity index (χ0) is 13.0. The van der Waals surface area contributed by atoms with E-state index in [1.807, 2.05) is 0 Å². The van der Waals surface area contributed by atoms with E-state index in [0.29, 0.717) is 0 Å². The normalized spacial score (nSPS) is 32.0. The van der Waals surface area contributed by atoms with Crippen LogP contribution < -0.4 is 5.32 Å². The monoisotopic (exact) mass is 253 g/mol. The van der Waals surface area contributed by atoms with E-state index in [0.717, 1.165) is 17.9 Å². The summed E-state index contributed by atoms with van der Waals surface area (Å²) >= 11 is 0. The smallest absolute Gasteiger partial charge is 0.0198 e. The number of likely N-dealkylation sites (tertiary alicyclic amines) is 1. The predicted molar refractivity (Wildman–Crippen MR) is 77.9 cm³/mol. The molecule has 2 aliphatic rings. The summed E-state index contributed by atoms with van der Waals surface area (Å²) in [6.45, 7) is 12.3. The second-order valence-electron chi connectivity index (χ2n) is 6.81. The van der Waals surface area contributed by atoms with E-state index in [4.69, 9.17) is 0 Å². The van der Waals surface area contributed by atoms with Gasteiger partial charge in [0.25, 0.3) is 0 Å². The number of piperazine rings is 1. The lowest BCUT2D eigenvalue weighted by atomic mass is 9.96. The van der Waals surface area contributed by atoms with Gasteiger partial charge in [-0.1, -0.05) is 13.8 Å². The summed E-state index contributed by atoms with van der Waals surface area (Å²) in [5.74, 6) is 1.71. The van der Waals surface area contributed by atoms with E-state index >= 15 is 0 Å². The molecule has 0 aliphatic carbocycles. The molecule has 2 saturated heterocycles. The van der Waals surface area contributed by atoms with Crippen LogP contribution in [0.4, 0.5) is 0 Å². The highest BCUT2D eigenvalue weighted by molar-refractivity contribution is 4.82. The van der Waals surface area contributed by atoms with Crippen molar-refractivity contribution in [2.45, 2.75) is 39.2 Å². The van der Waals surface area contributed by atoms with Gasteiger partial charge in [0.05, 0.1) is 0 Å². The van der Waals surface area contributed by atoms with Crippen molar-refractivity contribution in [3.05, 3.63) is 0 Å². The molecule has 1 N–H and O–H groups in total. The maximum absolute atomic E-state index is 3.67.